The summed E-state index contributed by atoms with van der Waals surface area (Å²) in [5.74, 6) is 0.0710. The number of fused-ring (bicyclic) bond motifs is 1. The molecule has 0 saturated heterocycles. The second kappa shape index (κ2) is 5.11. The second-order valence-electron chi connectivity index (χ2n) is 5.37. The molecule has 1 aliphatic heterocycles. The molecular formula is C15H22N2O. The summed E-state index contributed by atoms with van der Waals surface area (Å²) in [5, 5.41) is 0. The van der Waals surface area contributed by atoms with Crippen LogP contribution >= 0.6 is 0 Å². The molecule has 1 unspecified atom stereocenters. The van der Waals surface area contributed by atoms with E-state index in [2.05, 4.69) is 18.2 Å². The Morgan fingerprint density at radius 3 is 2.72 bits per heavy atom. The number of hydrogen-bond donors (Lipinski definition) is 1. The maximum Gasteiger partial charge on any atom is 0.242 e. The molecule has 0 fully saturated rings. The van der Waals surface area contributed by atoms with E-state index in [-0.39, 0.29) is 5.91 Å². The van der Waals surface area contributed by atoms with Crippen LogP contribution in [0.3, 0.4) is 0 Å². The molecule has 0 saturated carbocycles. The van der Waals surface area contributed by atoms with E-state index >= 15 is 0 Å². The lowest BCUT2D eigenvalue weighted by Gasteiger charge is -2.30. The Kier molecular flexibility index (Phi) is 3.71. The molecule has 1 aromatic carbocycles. The minimum Gasteiger partial charge on any atom is -0.337 e. The fourth-order valence-electron chi connectivity index (χ4n) is 2.39. The van der Waals surface area contributed by atoms with Crippen LogP contribution in [0.1, 0.15) is 37.8 Å². The average Bonchev–Trinajstić information content (AvgIpc) is 2.59. The Labute approximate surface area is 109 Å². The van der Waals surface area contributed by atoms with Crippen LogP contribution in [0.15, 0.2) is 24.3 Å². The molecule has 1 atom stereocenters. The smallest absolute Gasteiger partial charge is 0.242 e. The lowest BCUT2D eigenvalue weighted by atomic mass is 9.98. The van der Waals surface area contributed by atoms with E-state index in [1.807, 2.05) is 24.8 Å². The normalized spacial score (nSPS) is 18.7. The molecule has 1 heterocycles. The molecule has 0 bridgehead atoms. The van der Waals surface area contributed by atoms with Gasteiger partial charge in [-0.2, -0.15) is 0 Å². The third-order valence-electron chi connectivity index (χ3n) is 3.86. The average molecular weight is 246 g/mol. The van der Waals surface area contributed by atoms with E-state index in [9.17, 15) is 4.79 Å². The van der Waals surface area contributed by atoms with Gasteiger partial charge < -0.3 is 10.6 Å². The van der Waals surface area contributed by atoms with Gasteiger partial charge in [0, 0.05) is 13.1 Å². The summed E-state index contributed by atoms with van der Waals surface area (Å²) in [5.41, 5.74) is 7.96. The minimum atomic E-state index is -0.737. The third-order valence-corrected chi connectivity index (χ3v) is 3.86. The van der Waals surface area contributed by atoms with E-state index < -0.39 is 5.54 Å². The van der Waals surface area contributed by atoms with E-state index in [0.29, 0.717) is 13.0 Å². The highest BCUT2D eigenvalue weighted by atomic mass is 16.2. The Morgan fingerprint density at radius 2 is 2.06 bits per heavy atom. The quantitative estimate of drug-likeness (QED) is 0.868. The van der Waals surface area contributed by atoms with Crippen molar-refractivity contribution in [3.8, 4) is 0 Å². The van der Waals surface area contributed by atoms with Crippen molar-refractivity contribution < 1.29 is 4.79 Å². The van der Waals surface area contributed by atoms with Gasteiger partial charge >= 0.3 is 0 Å². The van der Waals surface area contributed by atoms with Crippen molar-refractivity contribution in [3.63, 3.8) is 0 Å². The molecule has 1 aliphatic rings. The van der Waals surface area contributed by atoms with Crippen LogP contribution in [0.5, 0.6) is 0 Å². The lowest BCUT2D eigenvalue weighted by Crippen LogP contribution is -2.52. The molecule has 0 aromatic heterocycles. The number of carbonyl (C=O) groups excluding carboxylic acids is 1. The monoisotopic (exact) mass is 246 g/mol. The van der Waals surface area contributed by atoms with Gasteiger partial charge in [-0.05, 0) is 37.3 Å². The van der Waals surface area contributed by atoms with Crippen molar-refractivity contribution in [2.75, 3.05) is 6.54 Å². The number of rotatable bonds is 2. The van der Waals surface area contributed by atoms with Crippen LogP contribution in [0.4, 0.5) is 0 Å². The highest BCUT2D eigenvalue weighted by Crippen LogP contribution is 2.21. The lowest BCUT2D eigenvalue weighted by molar-refractivity contribution is -0.137. The van der Waals surface area contributed by atoms with Gasteiger partial charge in [0.25, 0.3) is 0 Å². The Hall–Kier alpha value is -1.35. The zero-order valence-corrected chi connectivity index (χ0v) is 11.3. The van der Waals surface area contributed by atoms with E-state index in [0.717, 1.165) is 19.4 Å². The molecular weight excluding hydrogens is 224 g/mol. The summed E-state index contributed by atoms with van der Waals surface area (Å²) in [6.07, 6.45) is 2.74. The Bertz CT molecular complexity index is 440. The number of benzene rings is 1. The van der Waals surface area contributed by atoms with E-state index in [1.165, 1.54) is 11.1 Å². The van der Waals surface area contributed by atoms with Crippen LogP contribution in [0, 0.1) is 0 Å². The number of nitrogens with zero attached hydrogens (tertiary/aromatic N) is 1. The number of aryl methyl sites for hydroxylation is 1. The summed E-state index contributed by atoms with van der Waals surface area (Å²) >= 11 is 0. The van der Waals surface area contributed by atoms with E-state index in [1.54, 1.807) is 0 Å². The molecule has 1 amide bonds. The molecule has 1 aromatic rings. The van der Waals surface area contributed by atoms with Crippen molar-refractivity contribution >= 4 is 5.91 Å². The number of hydrogen-bond acceptors (Lipinski definition) is 2. The van der Waals surface area contributed by atoms with Crippen LogP contribution < -0.4 is 5.73 Å². The predicted molar refractivity (Wildman–Crippen MR) is 73.1 cm³/mol. The van der Waals surface area contributed by atoms with Crippen LogP contribution in [0.2, 0.25) is 0 Å². The van der Waals surface area contributed by atoms with Gasteiger partial charge in [0.1, 0.15) is 0 Å². The Morgan fingerprint density at radius 1 is 1.39 bits per heavy atom. The summed E-state index contributed by atoms with van der Waals surface area (Å²) in [6, 6.07) is 8.37. The van der Waals surface area contributed by atoms with Crippen molar-refractivity contribution in [2.24, 2.45) is 5.73 Å². The summed E-state index contributed by atoms with van der Waals surface area (Å²) in [6.45, 7) is 5.29. The zero-order valence-electron chi connectivity index (χ0n) is 11.3. The number of nitrogens with two attached hydrogens (primary N) is 1. The molecule has 2 rings (SSSR count). The van der Waals surface area contributed by atoms with Crippen LogP contribution in [-0.2, 0) is 17.8 Å². The first kappa shape index (κ1) is 13.1. The van der Waals surface area contributed by atoms with Gasteiger partial charge in [-0.3, -0.25) is 4.79 Å². The van der Waals surface area contributed by atoms with Gasteiger partial charge in [-0.1, -0.05) is 31.2 Å². The molecule has 3 nitrogen and oxygen atoms in total. The zero-order chi connectivity index (χ0) is 13.2. The van der Waals surface area contributed by atoms with Gasteiger partial charge in [0.05, 0.1) is 5.54 Å². The predicted octanol–water partition coefficient (Wildman–Crippen LogP) is 2.09. The first-order valence-electron chi connectivity index (χ1n) is 6.69. The molecule has 98 valence electrons. The number of carbonyl (C=O) groups is 1. The molecule has 2 N–H and O–H groups in total. The van der Waals surface area contributed by atoms with Crippen LogP contribution in [-0.4, -0.2) is 22.9 Å². The maximum atomic E-state index is 12.4. The van der Waals surface area contributed by atoms with Crippen molar-refractivity contribution in [2.45, 2.75) is 45.2 Å². The van der Waals surface area contributed by atoms with Gasteiger partial charge in [-0.15, -0.1) is 0 Å². The van der Waals surface area contributed by atoms with Gasteiger partial charge in [0.15, 0.2) is 0 Å². The Balaban J connectivity index is 2.20. The highest BCUT2D eigenvalue weighted by molar-refractivity contribution is 5.85. The molecule has 0 spiro atoms. The summed E-state index contributed by atoms with van der Waals surface area (Å²) < 4.78 is 0. The molecule has 18 heavy (non-hydrogen) atoms. The fraction of sp³-hybridized carbons (Fsp3) is 0.533. The number of amides is 1. The fourth-order valence-corrected chi connectivity index (χ4v) is 2.39. The molecule has 0 radical (unpaired) electrons. The topological polar surface area (TPSA) is 46.3 Å². The van der Waals surface area contributed by atoms with Crippen LogP contribution in [0.25, 0.3) is 0 Å². The SMILES string of the molecule is CCC(C)(N)C(=O)N1CCCc2ccccc2C1. The first-order valence-corrected chi connectivity index (χ1v) is 6.69. The summed E-state index contributed by atoms with van der Waals surface area (Å²) in [7, 11) is 0. The first-order chi connectivity index (χ1) is 8.54. The van der Waals surface area contributed by atoms with Crippen molar-refractivity contribution in [1.29, 1.82) is 0 Å². The standard InChI is InChI=1S/C15H22N2O/c1-3-15(2,16)14(18)17-10-6-9-12-7-4-5-8-13(12)11-17/h4-5,7-8H,3,6,9-11,16H2,1-2H3. The highest BCUT2D eigenvalue weighted by Gasteiger charge is 2.31. The largest absolute Gasteiger partial charge is 0.337 e. The maximum absolute atomic E-state index is 12.4. The minimum absolute atomic E-state index is 0.0710. The van der Waals surface area contributed by atoms with Gasteiger partial charge in [0.2, 0.25) is 5.91 Å². The molecule has 0 aliphatic carbocycles. The van der Waals surface area contributed by atoms with Crippen molar-refractivity contribution in [1.82, 2.24) is 4.90 Å². The van der Waals surface area contributed by atoms with E-state index in [4.69, 9.17) is 5.73 Å². The summed E-state index contributed by atoms with van der Waals surface area (Å²) in [4.78, 5) is 14.3. The second-order valence-corrected chi connectivity index (χ2v) is 5.37. The molecule has 3 heteroatoms. The third kappa shape index (κ3) is 2.56. The van der Waals surface area contributed by atoms with Gasteiger partial charge in [-0.25, -0.2) is 0 Å². The van der Waals surface area contributed by atoms with Crippen molar-refractivity contribution in [3.05, 3.63) is 35.4 Å².